The molecule has 0 saturated heterocycles. The maximum Gasteiger partial charge on any atom is 0.223 e. The molecular formula is C22H32N2O2. The Morgan fingerprint density at radius 3 is 1.58 bits per heavy atom. The Balaban J connectivity index is 1.45. The van der Waals surface area contributed by atoms with Crippen LogP contribution in [0.1, 0.15) is 75.3 Å². The first kappa shape index (κ1) is 18.9. The van der Waals surface area contributed by atoms with Crippen LogP contribution in [0.5, 0.6) is 0 Å². The van der Waals surface area contributed by atoms with Gasteiger partial charge in [0.05, 0.1) is 0 Å². The molecule has 2 fully saturated rings. The first-order valence-electron chi connectivity index (χ1n) is 10.4. The zero-order valence-electron chi connectivity index (χ0n) is 15.8. The number of rotatable bonds is 6. The summed E-state index contributed by atoms with van der Waals surface area (Å²) in [5.74, 6) is 0.782. The topological polar surface area (TPSA) is 58.2 Å². The molecule has 4 heteroatoms. The van der Waals surface area contributed by atoms with Crippen LogP contribution >= 0.6 is 0 Å². The molecule has 2 saturated carbocycles. The van der Waals surface area contributed by atoms with Gasteiger partial charge in [-0.2, -0.15) is 0 Å². The largest absolute Gasteiger partial charge is 0.352 e. The van der Waals surface area contributed by atoms with Gasteiger partial charge in [0.2, 0.25) is 11.8 Å². The second kappa shape index (κ2) is 9.75. The highest BCUT2D eigenvalue weighted by Gasteiger charge is 2.21. The molecule has 4 nitrogen and oxygen atoms in total. The Kier molecular flexibility index (Phi) is 7.10. The van der Waals surface area contributed by atoms with Crippen LogP contribution in [-0.2, 0) is 22.7 Å². The molecule has 0 unspecified atom stereocenters. The van der Waals surface area contributed by atoms with Crippen LogP contribution in [0.25, 0.3) is 0 Å². The van der Waals surface area contributed by atoms with Crippen molar-refractivity contribution in [3.05, 3.63) is 35.4 Å². The van der Waals surface area contributed by atoms with E-state index in [-0.39, 0.29) is 23.7 Å². The van der Waals surface area contributed by atoms with Crippen molar-refractivity contribution < 1.29 is 9.59 Å². The standard InChI is InChI=1S/C22H32N2O2/c25-21(19-10-3-1-4-11-19)23-15-17-8-7-9-18(14-17)16-24-22(26)20-12-5-2-6-13-20/h7-9,14,19-20H,1-6,10-13,15-16H2,(H,23,25)(H,24,26). The quantitative estimate of drug-likeness (QED) is 0.807. The van der Waals surface area contributed by atoms with Gasteiger partial charge in [0, 0.05) is 24.9 Å². The lowest BCUT2D eigenvalue weighted by molar-refractivity contribution is -0.126. The Labute approximate surface area is 157 Å². The number of carbonyl (C=O) groups is 2. The normalized spacial score (nSPS) is 19.1. The molecule has 1 aromatic carbocycles. The highest BCUT2D eigenvalue weighted by Crippen LogP contribution is 2.24. The van der Waals surface area contributed by atoms with Crippen molar-refractivity contribution in [2.45, 2.75) is 77.3 Å². The molecule has 2 amide bonds. The van der Waals surface area contributed by atoms with E-state index in [4.69, 9.17) is 0 Å². The third-order valence-corrected chi connectivity index (χ3v) is 5.88. The second-order valence-electron chi connectivity index (χ2n) is 7.93. The second-order valence-corrected chi connectivity index (χ2v) is 7.93. The average molecular weight is 357 g/mol. The molecule has 0 atom stereocenters. The van der Waals surface area contributed by atoms with E-state index in [1.807, 2.05) is 18.2 Å². The van der Waals surface area contributed by atoms with E-state index < -0.39 is 0 Å². The van der Waals surface area contributed by atoms with Gasteiger partial charge in [-0.1, -0.05) is 62.8 Å². The van der Waals surface area contributed by atoms with E-state index in [0.717, 1.165) is 36.8 Å². The molecule has 0 spiro atoms. The Morgan fingerprint density at radius 2 is 1.15 bits per heavy atom. The van der Waals surface area contributed by atoms with Crippen LogP contribution in [0.15, 0.2) is 24.3 Å². The van der Waals surface area contributed by atoms with Gasteiger partial charge < -0.3 is 10.6 Å². The number of amides is 2. The summed E-state index contributed by atoms with van der Waals surface area (Å²) < 4.78 is 0. The first-order chi connectivity index (χ1) is 12.7. The summed E-state index contributed by atoms with van der Waals surface area (Å²) in [6, 6.07) is 8.16. The minimum absolute atomic E-state index is 0.195. The summed E-state index contributed by atoms with van der Waals surface area (Å²) in [4.78, 5) is 24.6. The SMILES string of the molecule is O=C(NCc1cccc(CNC(=O)C2CCCCC2)c1)C1CCCCC1. The molecule has 142 valence electrons. The van der Waals surface area contributed by atoms with Gasteiger partial charge in [0.15, 0.2) is 0 Å². The van der Waals surface area contributed by atoms with Gasteiger partial charge in [0.25, 0.3) is 0 Å². The lowest BCUT2D eigenvalue weighted by Gasteiger charge is -2.21. The van der Waals surface area contributed by atoms with Crippen molar-refractivity contribution in [1.82, 2.24) is 10.6 Å². The van der Waals surface area contributed by atoms with Gasteiger partial charge in [-0.25, -0.2) is 0 Å². The van der Waals surface area contributed by atoms with Crippen LogP contribution in [0.3, 0.4) is 0 Å². The third-order valence-electron chi connectivity index (χ3n) is 5.88. The summed E-state index contributed by atoms with van der Waals surface area (Å²) in [5.41, 5.74) is 2.19. The van der Waals surface area contributed by atoms with Gasteiger partial charge in [-0.05, 0) is 36.8 Å². The van der Waals surface area contributed by atoms with Crippen LogP contribution in [0.2, 0.25) is 0 Å². The molecule has 3 rings (SSSR count). The average Bonchev–Trinajstić information content (AvgIpc) is 2.72. The summed E-state index contributed by atoms with van der Waals surface area (Å²) in [7, 11) is 0. The van der Waals surface area contributed by atoms with Crippen molar-refractivity contribution in [3.8, 4) is 0 Å². The van der Waals surface area contributed by atoms with Gasteiger partial charge in [-0.3, -0.25) is 9.59 Å². The summed E-state index contributed by atoms with van der Waals surface area (Å²) >= 11 is 0. The highest BCUT2D eigenvalue weighted by molar-refractivity contribution is 5.79. The van der Waals surface area contributed by atoms with Gasteiger partial charge >= 0.3 is 0 Å². The van der Waals surface area contributed by atoms with E-state index in [1.165, 1.54) is 38.5 Å². The highest BCUT2D eigenvalue weighted by atomic mass is 16.2. The molecule has 0 radical (unpaired) electrons. The summed E-state index contributed by atoms with van der Waals surface area (Å²) in [5, 5.41) is 6.17. The fourth-order valence-electron chi connectivity index (χ4n) is 4.25. The maximum atomic E-state index is 12.3. The summed E-state index contributed by atoms with van der Waals surface area (Å²) in [6.07, 6.45) is 11.3. The molecule has 26 heavy (non-hydrogen) atoms. The van der Waals surface area contributed by atoms with Crippen LogP contribution in [0.4, 0.5) is 0 Å². The minimum atomic E-state index is 0.195. The lowest BCUT2D eigenvalue weighted by atomic mass is 9.88. The van der Waals surface area contributed by atoms with Crippen molar-refractivity contribution in [1.29, 1.82) is 0 Å². The lowest BCUT2D eigenvalue weighted by Crippen LogP contribution is -2.32. The molecule has 2 aliphatic carbocycles. The number of nitrogens with one attached hydrogen (secondary N) is 2. The fraction of sp³-hybridized carbons (Fsp3) is 0.636. The molecule has 0 bridgehead atoms. The van der Waals surface area contributed by atoms with E-state index in [9.17, 15) is 9.59 Å². The minimum Gasteiger partial charge on any atom is -0.352 e. The molecule has 2 N–H and O–H groups in total. The van der Waals surface area contributed by atoms with E-state index in [2.05, 4.69) is 16.7 Å². The predicted octanol–water partition coefficient (Wildman–Crippen LogP) is 4.08. The number of carbonyl (C=O) groups excluding carboxylic acids is 2. The maximum absolute atomic E-state index is 12.3. The predicted molar refractivity (Wildman–Crippen MR) is 103 cm³/mol. The van der Waals surface area contributed by atoms with Crippen LogP contribution in [-0.4, -0.2) is 11.8 Å². The zero-order valence-corrected chi connectivity index (χ0v) is 15.8. The Bertz CT molecular complexity index is 553. The molecule has 0 aromatic heterocycles. The monoisotopic (exact) mass is 356 g/mol. The molecular weight excluding hydrogens is 324 g/mol. The number of hydrogen-bond acceptors (Lipinski definition) is 2. The Morgan fingerprint density at radius 1 is 0.731 bits per heavy atom. The molecule has 2 aliphatic rings. The summed E-state index contributed by atoms with van der Waals surface area (Å²) in [6.45, 7) is 1.14. The van der Waals surface area contributed by atoms with Crippen LogP contribution < -0.4 is 10.6 Å². The van der Waals surface area contributed by atoms with Gasteiger partial charge in [-0.15, -0.1) is 0 Å². The Hall–Kier alpha value is -1.84. The molecule has 0 aliphatic heterocycles. The van der Waals surface area contributed by atoms with Gasteiger partial charge in [0.1, 0.15) is 0 Å². The number of benzene rings is 1. The smallest absolute Gasteiger partial charge is 0.223 e. The first-order valence-corrected chi connectivity index (χ1v) is 10.4. The van der Waals surface area contributed by atoms with Crippen molar-refractivity contribution in [2.75, 3.05) is 0 Å². The zero-order chi connectivity index (χ0) is 18.2. The van der Waals surface area contributed by atoms with Crippen LogP contribution in [0, 0.1) is 11.8 Å². The third kappa shape index (κ3) is 5.58. The van der Waals surface area contributed by atoms with E-state index in [0.29, 0.717) is 13.1 Å². The van der Waals surface area contributed by atoms with Crippen molar-refractivity contribution in [2.24, 2.45) is 11.8 Å². The molecule has 1 aromatic rings. The molecule has 0 heterocycles. The van der Waals surface area contributed by atoms with E-state index in [1.54, 1.807) is 0 Å². The van der Waals surface area contributed by atoms with Crippen molar-refractivity contribution >= 4 is 11.8 Å². The van der Waals surface area contributed by atoms with E-state index >= 15 is 0 Å². The fourth-order valence-corrected chi connectivity index (χ4v) is 4.25. The number of hydrogen-bond donors (Lipinski definition) is 2. The van der Waals surface area contributed by atoms with Crippen molar-refractivity contribution in [3.63, 3.8) is 0 Å².